The molecule has 0 atom stereocenters. The number of urea groups is 1. The van der Waals surface area contributed by atoms with Gasteiger partial charge in [-0.25, -0.2) is 9.69 Å². The van der Waals surface area contributed by atoms with Gasteiger partial charge in [0.05, 0.1) is 0 Å². The number of carbonyl (C=O) groups is 4. The highest BCUT2D eigenvalue weighted by atomic mass is 16.2. The average Bonchev–Trinajstić information content (AvgIpc) is 2.35. The summed E-state index contributed by atoms with van der Waals surface area (Å²) in [5.41, 5.74) is 4.85. The van der Waals surface area contributed by atoms with Gasteiger partial charge in [-0.05, 0) is 6.42 Å². The van der Waals surface area contributed by atoms with Gasteiger partial charge < -0.3 is 5.73 Å². The Morgan fingerprint density at radius 1 is 1.20 bits per heavy atom. The van der Waals surface area contributed by atoms with E-state index in [1.165, 1.54) is 0 Å². The molecule has 5 amide bonds. The van der Waals surface area contributed by atoms with Gasteiger partial charge in [-0.3, -0.25) is 19.3 Å². The minimum atomic E-state index is -0.993. The normalized spacial score (nSPS) is 16.5. The summed E-state index contributed by atoms with van der Waals surface area (Å²) < 4.78 is 0. The van der Waals surface area contributed by atoms with Gasteiger partial charge >= 0.3 is 17.8 Å². The number of nitrogens with zero attached hydrogens (tertiary/aromatic N) is 2. The first-order valence-electron chi connectivity index (χ1n) is 4.44. The first-order valence-corrected chi connectivity index (χ1v) is 4.44. The first kappa shape index (κ1) is 11.2. The van der Waals surface area contributed by atoms with Gasteiger partial charge in [0.25, 0.3) is 0 Å². The van der Waals surface area contributed by atoms with Gasteiger partial charge in [-0.2, -0.15) is 0 Å². The van der Waals surface area contributed by atoms with Crippen molar-refractivity contribution >= 4 is 23.8 Å². The molecule has 0 aromatic carbocycles. The van der Waals surface area contributed by atoms with Crippen LogP contribution in [0.4, 0.5) is 4.79 Å². The van der Waals surface area contributed by atoms with Crippen LogP contribution in [0.3, 0.4) is 0 Å². The minimum Gasteiger partial charge on any atom is -0.368 e. The second-order valence-corrected chi connectivity index (χ2v) is 3.10. The summed E-state index contributed by atoms with van der Waals surface area (Å²) in [6.07, 6.45) is 0.551. The number of rotatable bonds is 4. The molecule has 0 aromatic heterocycles. The first-order chi connectivity index (χ1) is 6.99. The van der Waals surface area contributed by atoms with E-state index in [0.717, 1.165) is 4.90 Å². The summed E-state index contributed by atoms with van der Waals surface area (Å²) in [5, 5.41) is 0. The topological polar surface area (TPSA) is 101 Å². The summed E-state index contributed by atoms with van der Waals surface area (Å²) in [7, 11) is 0. The molecule has 1 fully saturated rings. The third-order valence-corrected chi connectivity index (χ3v) is 1.90. The number of nitrogens with two attached hydrogens (primary N) is 1. The van der Waals surface area contributed by atoms with Crippen LogP contribution in [0.2, 0.25) is 0 Å². The summed E-state index contributed by atoms with van der Waals surface area (Å²) >= 11 is 0. The standard InChI is InChI=1S/C8H11N3O4/c1-2-3-10-6(13)7(14)11(8(10)15)4-5(9)12/h2-4H2,1H3,(H2,9,12). The molecule has 82 valence electrons. The molecular formula is C8H11N3O4. The molecule has 0 aliphatic carbocycles. The molecule has 0 saturated carbocycles. The molecule has 1 saturated heterocycles. The van der Waals surface area contributed by atoms with Crippen LogP contribution in [0.1, 0.15) is 13.3 Å². The molecule has 15 heavy (non-hydrogen) atoms. The summed E-state index contributed by atoms with van der Waals surface area (Å²) in [4.78, 5) is 45.9. The lowest BCUT2D eigenvalue weighted by atomic mass is 10.4. The van der Waals surface area contributed by atoms with E-state index in [1.807, 2.05) is 0 Å². The second-order valence-electron chi connectivity index (χ2n) is 3.10. The Balaban J connectivity index is 2.85. The lowest BCUT2D eigenvalue weighted by Gasteiger charge is -2.12. The molecule has 7 nitrogen and oxygen atoms in total. The fourth-order valence-corrected chi connectivity index (χ4v) is 1.27. The summed E-state index contributed by atoms with van der Waals surface area (Å²) in [6.45, 7) is 1.38. The van der Waals surface area contributed by atoms with Gasteiger partial charge in [0.2, 0.25) is 5.91 Å². The number of amides is 5. The van der Waals surface area contributed by atoms with Crippen molar-refractivity contribution in [2.75, 3.05) is 13.1 Å². The molecule has 1 aliphatic heterocycles. The van der Waals surface area contributed by atoms with Crippen molar-refractivity contribution in [1.29, 1.82) is 0 Å². The third kappa shape index (κ3) is 1.95. The van der Waals surface area contributed by atoms with E-state index in [4.69, 9.17) is 5.73 Å². The molecule has 2 N–H and O–H groups in total. The van der Waals surface area contributed by atoms with Crippen LogP contribution in [-0.4, -0.2) is 46.6 Å². The fourth-order valence-electron chi connectivity index (χ4n) is 1.27. The quantitative estimate of drug-likeness (QED) is 0.462. The Hall–Kier alpha value is -1.92. The highest BCUT2D eigenvalue weighted by molar-refractivity contribution is 6.45. The number of imide groups is 2. The van der Waals surface area contributed by atoms with Crippen LogP contribution in [0.5, 0.6) is 0 Å². The molecule has 1 aliphatic rings. The maximum absolute atomic E-state index is 11.5. The SMILES string of the molecule is CCCN1C(=O)C(=O)N(CC(N)=O)C1=O. The molecule has 0 radical (unpaired) electrons. The van der Waals surface area contributed by atoms with Crippen LogP contribution in [0.25, 0.3) is 0 Å². The number of hydrogen-bond donors (Lipinski definition) is 1. The van der Waals surface area contributed by atoms with Crippen molar-refractivity contribution in [2.45, 2.75) is 13.3 Å². The lowest BCUT2D eigenvalue weighted by Crippen LogP contribution is -2.39. The molecule has 0 aromatic rings. The monoisotopic (exact) mass is 213 g/mol. The van der Waals surface area contributed by atoms with Crippen molar-refractivity contribution in [2.24, 2.45) is 5.73 Å². The van der Waals surface area contributed by atoms with E-state index >= 15 is 0 Å². The van der Waals surface area contributed by atoms with E-state index < -0.39 is 30.3 Å². The lowest BCUT2D eigenvalue weighted by molar-refractivity contribution is -0.143. The average molecular weight is 213 g/mol. The van der Waals surface area contributed by atoms with Crippen molar-refractivity contribution in [3.8, 4) is 0 Å². The maximum atomic E-state index is 11.5. The van der Waals surface area contributed by atoms with Crippen LogP contribution in [0, 0.1) is 0 Å². The van der Waals surface area contributed by atoms with E-state index in [1.54, 1.807) is 6.92 Å². The fraction of sp³-hybridized carbons (Fsp3) is 0.500. The van der Waals surface area contributed by atoms with Gasteiger partial charge in [0.1, 0.15) is 6.54 Å². The van der Waals surface area contributed by atoms with Crippen LogP contribution in [0.15, 0.2) is 0 Å². The number of carbonyl (C=O) groups excluding carboxylic acids is 4. The highest BCUT2D eigenvalue weighted by Gasteiger charge is 2.44. The molecule has 1 heterocycles. The zero-order valence-electron chi connectivity index (χ0n) is 8.23. The zero-order chi connectivity index (χ0) is 11.6. The largest absolute Gasteiger partial charge is 0.368 e. The molecule has 0 bridgehead atoms. The Kier molecular flexibility index (Phi) is 3.03. The number of primary amides is 1. The van der Waals surface area contributed by atoms with Crippen LogP contribution >= 0.6 is 0 Å². The second kappa shape index (κ2) is 4.07. The predicted molar refractivity (Wildman–Crippen MR) is 48.3 cm³/mol. The molecule has 7 heteroatoms. The van der Waals surface area contributed by atoms with E-state index in [-0.39, 0.29) is 6.54 Å². The molecule has 0 unspecified atom stereocenters. The van der Waals surface area contributed by atoms with Crippen molar-refractivity contribution in [3.63, 3.8) is 0 Å². The van der Waals surface area contributed by atoms with E-state index in [0.29, 0.717) is 11.3 Å². The van der Waals surface area contributed by atoms with Gasteiger partial charge in [-0.15, -0.1) is 0 Å². The van der Waals surface area contributed by atoms with Crippen molar-refractivity contribution < 1.29 is 19.2 Å². The maximum Gasteiger partial charge on any atom is 0.334 e. The Labute approximate surface area is 85.8 Å². The van der Waals surface area contributed by atoms with Crippen molar-refractivity contribution in [1.82, 2.24) is 9.80 Å². The highest BCUT2D eigenvalue weighted by Crippen LogP contribution is 2.11. The summed E-state index contributed by atoms with van der Waals surface area (Å²) in [5.74, 6) is -2.72. The smallest absolute Gasteiger partial charge is 0.334 e. The van der Waals surface area contributed by atoms with Crippen molar-refractivity contribution in [3.05, 3.63) is 0 Å². The van der Waals surface area contributed by atoms with Crippen LogP contribution < -0.4 is 5.73 Å². The minimum absolute atomic E-state index is 0.165. The molecule has 1 rings (SSSR count). The Morgan fingerprint density at radius 2 is 1.73 bits per heavy atom. The Bertz CT molecular complexity index is 339. The Morgan fingerprint density at radius 3 is 2.20 bits per heavy atom. The van der Waals surface area contributed by atoms with E-state index in [9.17, 15) is 19.2 Å². The van der Waals surface area contributed by atoms with Gasteiger partial charge in [0.15, 0.2) is 0 Å². The zero-order valence-corrected chi connectivity index (χ0v) is 8.23. The molecule has 0 spiro atoms. The van der Waals surface area contributed by atoms with Gasteiger partial charge in [0, 0.05) is 6.54 Å². The third-order valence-electron chi connectivity index (χ3n) is 1.90. The van der Waals surface area contributed by atoms with Crippen LogP contribution in [-0.2, 0) is 14.4 Å². The predicted octanol–water partition coefficient (Wildman–Crippen LogP) is -1.33. The number of hydrogen-bond acceptors (Lipinski definition) is 4. The molecular weight excluding hydrogens is 202 g/mol. The van der Waals surface area contributed by atoms with Gasteiger partial charge in [-0.1, -0.05) is 6.92 Å². The van der Waals surface area contributed by atoms with E-state index in [2.05, 4.69) is 0 Å². The summed E-state index contributed by atoms with van der Waals surface area (Å²) in [6, 6.07) is -0.773.